The summed E-state index contributed by atoms with van der Waals surface area (Å²) in [6.45, 7) is 0. The topological polar surface area (TPSA) is 109 Å². The molecule has 2 aromatic rings. The predicted molar refractivity (Wildman–Crippen MR) is 85.4 cm³/mol. The summed E-state index contributed by atoms with van der Waals surface area (Å²) >= 11 is 0. The minimum Gasteiger partial charge on any atom is -0.282 e. The van der Waals surface area contributed by atoms with Gasteiger partial charge in [-0.2, -0.15) is 43.2 Å². The van der Waals surface area contributed by atoms with Gasteiger partial charge in [0.15, 0.2) is 0 Å². The highest BCUT2D eigenvalue weighted by Crippen LogP contribution is 2.56. The molecular weight excluding hydrogens is 454 g/mol. The third kappa shape index (κ3) is 4.10. The normalized spacial score (nSPS) is 14.1. The summed E-state index contributed by atoms with van der Waals surface area (Å²) in [5, 5.41) is 0. The summed E-state index contributed by atoms with van der Waals surface area (Å²) in [5.74, 6) is 0. The second kappa shape index (κ2) is 6.97. The van der Waals surface area contributed by atoms with Crippen molar-refractivity contribution in [2.24, 2.45) is 0 Å². The highest BCUT2D eigenvalue weighted by molar-refractivity contribution is 7.86. The summed E-state index contributed by atoms with van der Waals surface area (Å²) in [5.41, 5.74) is -7.51. The van der Waals surface area contributed by atoms with Gasteiger partial charge in [-0.1, -0.05) is 24.3 Å². The molecule has 0 atom stereocenters. The van der Waals surface area contributed by atoms with E-state index in [0.717, 1.165) is 0 Å². The van der Waals surface area contributed by atoms with Crippen LogP contribution in [-0.4, -0.2) is 38.3 Å². The fraction of sp³-hybridized carbons (Fsp3) is 0.200. The van der Waals surface area contributed by atoms with E-state index in [0.29, 0.717) is 24.3 Å². The molecule has 0 aliphatic rings. The fourth-order valence-corrected chi connectivity index (χ4v) is 3.70. The van der Waals surface area contributed by atoms with Crippen molar-refractivity contribution < 1.29 is 52.3 Å². The van der Waals surface area contributed by atoms with Crippen molar-refractivity contribution in [2.75, 3.05) is 0 Å². The van der Waals surface area contributed by atoms with Crippen LogP contribution in [0.25, 0.3) is 0 Å². The minimum atomic E-state index is -6.00. The molecule has 0 fully saturated rings. The molecule has 0 bridgehead atoms. The van der Waals surface area contributed by atoms with Gasteiger partial charge in [0.25, 0.3) is 20.2 Å². The Kier molecular flexibility index (Phi) is 5.55. The SMILES string of the molecule is O=S(=O)(O)c1ccc(C(c2ccc(S(=O)(=O)O)cc2)(C(F)(F)F)C(F)(F)F)cc1. The van der Waals surface area contributed by atoms with Gasteiger partial charge in [0.1, 0.15) is 0 Å². The van der Waals surface area contributed by atoms with Crippen molar-refractivity contribution in [3.05, 3.63) is 59.7 Å². The zero-order valence-electron chi connectivity index (χ0n) is 13.7. The van der Waals surface area contributed by atoms with E-state index in [1.54, 1.807) is 0 Å². The summed E-state index contributed by atoms with van der Waals surface area (Å²) in [4.78, 5) is -1.86. The Morgan fingerprint density at radius 1 is 0.552 bits per heavy atom. The molecule has 0 saturated heterocycles. The molecule has 0 aliphatic carbocycles. The summed E-state index contributed by atoms with van der Waals surface area (Å²) in [6.07, 6.45) is -12.0. The van der Waals surface area contributed by atoms with E-state index in [1.807, 2.05) is 0 Å². The maximum atomic E-state index is 13.9. The van der Waals surface area contributed by atoms with Gasteiger partial charge in [0.05, 0.1) is 9.79 Å². The molecule has 0 unspecified atom stereocenters. The summed E-state index contributed by atoms with van der Waals surface area (Å²) in [6, 6.07) is 2.41. The quantitative estimate of drug-likeness (QED) is 0.529. The summed E-state index contributed by atoms with van der Waals surface area (Å²) < 4.78 is 145. The summed E-state index contributed by atoms with van der Waals surface area (Å²) in [7, 11) is -9.76. The first kappa shape index (κ1) is 23.1. The van der Waals surface area contributed by atoms with E-state index in [9.17, 15) is 43.2 Å². The molecule has 29 heavy (non-hydrogen) atoms. The van der Waals surface area contributed by atoms with Crippen LogP contribution in [0.2, 0.25) is 0 Å². The monoisotopic (exact) mass is 464 g/mol. The Morgan fingerprint density at radius 2 is 0.793 bits per heavy atom. The lowest BCUT2D eigenvalue weighted by Crippen LogP contribution is -2.54. The Labute approximate surface area is 160 Å². The second-order valence-electron chi connectivity index (χ2n) is 5.74. The van der Waals surface area contributed by atoms with Crippen LogP contribution in [0.3, 0.4) is 0 Å². The van der Waals surface area contributed by atoms with E-state index in [-0.39, 0.29) is 24.3 Å². The van der Waals surface area contributed by atoms with Crippen LogP contribution in [0.1, 0.15) is 11.1 Å². The number of benzene rings is 2. The first-order chi connectivity index (χ1) is 12.9. The zero-order chi connectivity index (χ0) is 22.5. The van der Waals surface area contributed by atoms with E-state index in [1.165, 1.54) is 0 Å². The van der Waals surface area contributed by atoms with Crippen LogP contribution in [0, 0.1) is 0 Å². The molecule has 0 aromatic heterocycles. The van der Waals surface area contributed by atoms with Gasteiger partial charge in [0, 0.05) is 0 Å². The molecule has 0 heterocycles. The molecule has 14 heteroatoms. The zero-order valence-corrected chi connectivity index (χ0v) is 15.4. The van der Waals surface area contributed by atoms with Gasteiger partial charge in [-0.3, -0.25) is 9.11 Å². The highest BCUT2D eigenvalue weighted by Gasteiger charge is 2.72. The number of rotatable bonds is 4. The molecule has 2 aromatic carbocycles. The van der Waals surface area contributed by atoms with Gasteiger partial charge in [-0.15, -0.1) is 0 Å². The Hall–Kier alpha value is -2.16. The molecule has 2 rings (SSSR count). The van der Waals surface area contributed by atoms with E-state index in [2.05, 4.69) is 0 Å². The van der Waals surface area contributed by atoms with Crippen LogP contribution in [-0.2, 0) is 25.7 Å². The van der Waals surface area contributed by atoms with Crippen molar-refractivity contribution in [3.63, 3.8) is 0 Å². The molecule has 0 saturated carbocycles. The standard InChI is InChI=1S/C15H10F6O6S2/c16-14(17,18)13(15(19,20)21,9-1-5-11(6-2-9)28(22,23)24)10-3-7-12(8-4-10)29(25,26)27/h1-8H,(H,22,23,24)(H,25,26,27). The lowest BCUT2D eigenvalue weighted by molar-refractivity contribution is -0.288. The van der Waals surface area contributed by atoms with E-state index in [4.69, 9.17) is 9.11 Å². The first-order valence-corrected chi connectivity index (χ1v) is 10.1. The molecular formula is C15H10F6O6S2. The second-order valence-corrected chi connectivity index (χ2v) is 8.59. The van der Waals surface area contributed by atoms with Crippen LogP contribution >= 0.6 is 0 Å². The Balaban J connectivity index is 2.87. The molecule has 0 radical (unpaired) electrons. The minimum absolute atomic E-state index is 0.237. The largest absolute Gasteiger partial charge is 0.411 e. The predicted octanol–water partition coefficient (Wildman–Crippen LogP) is 3.59. The molecule has 0 aliphatic heterocycles. The van der Waals surface area contributed by atoms with Crippen molar-refractivity contribution in [1.29, 1.82) is 0 Å². The third-order valence-corrected chi connectivity index (χ3v) is 5.76. The number of halogens is 6. The van der Waals surface area contributed by atoms with E-state index >= 15 is 0 Å². The number of hydrogen-bond donors (Lipinski definition) is 2. The Morgan fingerprint density at radius 3 is 0.966 bits per heavy atom. The molecule has 2 N–H and O–H groups in total. The van der Waals surface area contributed by atoms with Gasteiger partial charge in [-0.05, 0) is 35.4 Å². The lowest BCUT2D eigenvalue weighted by Gasteiger charge is -2.38. The van der Waals surface area contributed by atoms with Gasteiger partial charge < -0.3 is 0 Å². The smallest absolute Gasteiger partial charge is 0.282 e. The fourth-order valence-electron chi connectivity index (χ4n) is 2.74. The average molecular weight is 464 g/mol. The first-order valence-electron chi connectivity index (χ1n) is 7.22. The third-order valence-electron chi connectivity index (χ3n) is 4.02. The van der Waals surface area contributed by atoms with Gasteiger partial charge in [0.2, 0.25) is 5.41 Å². The molecule has 0 spiro atoms. The maximum Gasteiger partial charge on any atom is 0.411 e. The molecule has 0 amide bonds. The lowest BCUT2D eigenvalue weighted by atomic mass is 9.73. The molecule has 6 nitrogen and oxygen atoms in total. The van der Waals surface area contributed by atoms with Crippen molar-refractivity contribution in [1.82, 2.24) is 0 Å². The van der Waals surface area contributed by atoms with E-state index < -0.39 is 58.9 Å². The van der Waals surface area contributed by atoms with Crippen LogP contribution in [0.4, 0.5) is 26.3 Å². The highest BCUT2D eigenvalue weighted by atomic mass is 32.2. The van der Waals surface area contributed by atoms with Crippen molar-refractivity contribution >= 4 is 20.2 Å². The van der Waals surface area contributed by atoms with Gasteiger partial charge in [-0.25, -0.2) is 0 Å². The van der Waals surface area contributed by atoms with Crippen LogP contribution in [0.15, 0.2) is 58.3 Å². The number of alkyl halides is 6. The van der Waals surface area contributed by atoms with Crippen LogP contribution in [0.5, 0.6) is 0 Å². The Bertz CT molecular complexity index is 1010. The molecule has 160 valence electrons. The van der Waals surface area contributed by atoms with Crippen molar-refractivity contribution in [3.8, 4) is 0 Å². The van der Waals surface area contributed by atoms with Crippen LogP contribution < -0.4 is 0 Å². The maximum absolute atomic E-state index is 13.9. The average Bonchev–Trinajstić information content (AvgIpc) is 2.52. The van der Waals surface area contributed by atoms with Crippen molar-refractivity contribution in [2.45, 2.75) is 27.6 Å². The van der Waals surface area contributed by atoms with Gasteiger partial charge >= 0.3 is 12.4 Å². The number of hydrogen-bond acceptors (Lipinski definition) is 4.